The van der Waals surface area contributed by atoms with Gasteiger partial charge < -0.3 is 0 Å². The van der Waals surface area contributed by atoms with Crippen LogP contribution < -0.4 is 58.2 Å². The number of hydrogen-bond acceptors (Lipinski definition) is 0. The smallest absolute Gasteiger partial charge is 0.192 e. The SMILES string of the molecule is CC.C[CH-]c1ccc(Cl)cc1.[Rb+]. The fourth-order valence-electron chi connectivity index (χ4n) is 0.655. The summed E-state index contributed by atoms with van der Waals surface area (Å²) in [5.74, 6) is 0. The largest absolute Gasteiger partial charge is 1.00 e. The van der Waals surface area contributed by atoms with Crippen molar-refractivity contribution in [1.82, 2.24) is 0 Å². The molecular weight excluding hydrogens is 241 g/mol. The number of benzene rings is 1. The van der Waals surface area contributed by atoms with Gasteiger partial charge in [0, 0.05) is 5.02 Å². The molecule has 0 atom stereocenters. The zero-order chi connectivity index (χ0) is 8.69. The standard InChI is InChI=1S/C8H8Cl.C2H6.Rb/c1-2-7-3-5-8(9)6-4-7;1-2;/h2-6H,1H3;1-2H3;/q-1;;+1. The van der Waals surface area contributed by atoms with Crippen molar-refractivity contribution in [3.8, 4) is 0 Å². The van der Waals surface area contributed by atoms with Crippen molar-refractivity contribution in [3.05, 3.63) is 41.3 Å². The Bertz CT molecular complexity index is 182. The molecular formula is C10H14ClRb. The molecule has 0 aliphatic rings. The molecule has 0 spiro atoms. The quantitative estimate of drug-likeness (QED) is 0.655. The summed E-state index contributed by atoms with van der Waals surface area (Å²) in [6, 6.07) is 7.75. The van der Waals surface area contributed by atoms with Gasteiger partial charge in [-0.05, 0) is 0 Å². The molecule has 1 rings (SSSR count). The van der Waals surface area contributed by atoms with Crippen LogP contribution in [0.4, 0.5) is 0 Å². The van der Waals surface area contributed by atoms with Crippen LogP contribution in [0, 0.1) is 6.42 Å². The molecule has 0 N–H and O–H groups in total. The maximum absolute atomic E-state index is 5.65. The van der Waals surface area contributed by atoms with E-state index in [9.17, 15) is 0 Å². The van der Waals surface area contributed by atoms with E-state index in [1.165, 1.54) is 5.56 Å². The molecule has 2 heteroatoms. The first-order valence-corrected chi connectivity index (χ1v) is 4.25. The van der Waals surface area contributed by atoms with Crippen molar-refractivity contribution in [2.45, 2.75) is 20.8 Å². The van der Waals surface area contributed by atoms with Gasteiger partial charge in [-0.1, -0.05) is 44.5 Å². The van der Waals surface area contributed by atoms with Crippen molar-refractivity contribution in [2.75, 3.05) is 0 Å². The van der Waals surface area contributed by atoms with Crippen LogP contribution in [0.5, 0.6) is 0 Å². The summed E-state index contributed by atoms with van der Waals surface area (Å²) in [7, 11) is 0. The second-order valence-corrected chi connectivity index (χ2v) is 2.28. The van der Waals surface area contributed by atoms with Crippen molar-refractivity contribution in [1.29, 1.82) is 0 Å². The molecule has 0 fully saturated rings. The van der Waals surface area contributed by atoms with Crippen LogP contribution in [0.2, 0.25) is 5.02 Å². The van der Waals surface area contributed by atoms with Crippen LogP contribution in [0.15, 0.2) is 24.3 Å². The van der Waals surface area contributed by atoms with Gasteiger partial charge in [0.05, 0.1) is 0 Å². The fourth-order valence-corrected chi connectivity index (χ4v) is 0.781. The van der Waals surface area contributed by atoms with Gasteiger partial charge in [0.25, 0.3) is 0 Å². The van der Waals surface area contributed by atoms with E-state index in [4.69, 9.17) is 11.6 Å². The van der Waals surface area contributed by atoms with Gasteiger partial charge in [0.2, 0.25) is 0 Å². The molecule has 0 aliphatic carbocycles. The van der Waals surface area contributed by atoms with Crippen molar-refractivity contribution in [2.24, 2.45) is 0 Å². The van der Waals surface area contributed by atoms with Crippen molar-refractivity contribution < 1.29 is 58.2 Å². The van der Waals surface area contributed by atoms with E-state index < -0.39 is 0 Å². The van der Waals surface area contributed by atoms with Gasteiger partial charge in [0.15, 0.2) is 0 Å². The number of halogens is 1. The second-order valence-electron chi connectivity index (χ2n) is 1.84. The van der Waals surface area contributed by atoms with Crippen LogP contribution in [-0.4, -0.2) is 0 Å². The molecule has 0 amide bonds. The Hall–Kier alpha value is 1.19. The molecule has 12 heavy (non-hydrogen) atoms. The zero-order valence-corrected chi connectivity index (χ0v) is 13.9. The van der Waals surface area contributed by atoms with Crippen LogP contribution in [0.3, 0.4) is 0 Å². The van der Waals surface area contributed by atoms with E-state index in [2.05, 4.69) is 0 Å². The second kappa shape index (κ2) is 10.3. The van der Waals surface area contributed by atoms with Crippen molar-refractivity contribution in [3.63, 3.8) is 0 Å². The summed E-state index contributed by atoms with van der Waals surface area (Å²) < 4.78 is 0. The van der Waals surface area contributed by atoms with Crippen LogP contribution >= 0.6 is 11.6 Å². The Morgan fingerprint density at radius 1 is 1.08 bits per heavy atom. The monoisotopic (exact) mass is 254 g/mol. The van der Waals surface area contributed by atoms with E-state index in [0.717, 1.165) is 5.02 Å². The molecule has 0 saturated carbocycles. The molecule has 1 aromatic rings. The average Bonchev–Trinajstić information content (AvgIpc) is 2.10. The van der Waals surface area contributed by atoms with E-state index in [-0.39, 0.29) is 58.2 Å². The molecule has 0 bridgehead atoms. The average molecular weight is 255 g/mol. The summed E-state index contributed by atoms with van der Waals surface area (Å²) in [4.78, 5) is 0. The zero-order valence-electron chi connectivity index (χ0n) is 8.26. The predicted molar refractivity (Wildman–Crippen MR) is 51.9 cm³/mol. The Balaban J connectivity index is 0. The topological polar surface area (TPSA) is 0 Å². The number of rotatable bonds is 1. The van der Waals surface area contributed by atoms with Crippen LogP contribution in [0.1, 0.15) is 26.3 Å². The van der Waals surface area contributed by atoms with E-state index in [0.29, 0.717) is 0 Å². The van der Waals surface area contributed by atoms with Gasteiger partial charge >= 0.3 is 58.2 Å². The molecule has 0 heterocycles. The third kappa shape index (κ3) is 6.67. The van der Waals surface area contributed by atoms with Gasteiger partial charge in [-0.3, -0.25) is 0 Å². The summed E-state index contributed by atoms with van der Waals surface area (Å²) in [5, 5.41) is 0.792. The first-order chi connectivity index (χ1) is 5.33. The first-order valence-electron chi connectivity index (χ1n) is 3.88. The Morgan fingerprint density at radius 2 is 1.50 bits per heavy atom. The predicted octanol–water partition coefficient (Wildman–Crippen LogP) is 0.942. The minimum Gasteiger partial charge on any atom is -0.192 e. The summed E-state index contributed by atoms with van der Waals surface area (Å²) in [6.45, 7) is 6.00. The van der Waals surface area contributed by atoms with Crippen LogP contribution in [0.25, 0.3) is 0 Å². The van der Waals surface area contributed by atoms with Crippen molar-refractivity contribution >= 4 is 11.6 Å². The first kappa shape index (κ1) is 15.6. The maximum atomic E-state index is 5.65. The third-order valence-electron chi connectivity index (χ3n) is 1.20. The molecule has 0 aromatic heterocycles. The Labute approximate surface area is 129 Å². The van der Waals surface area contributed by atoms with Gasteiger partial charge in [0.1, 0.15) is 0 Å². The fraction of sp³-hybridized carbons (Fsp3) is 0.300. The molecule has 62 valence electrons. The maximum Gasteiger partial charge on any atom is 1.00 e. The Morgan fingerprint density at radius 3 is 1.83 bits per heavy atom. The number of hydrogen-bond donors (Lipinski definition) is 0. The molecule has 0 radical (unpaired) electrons. The molecule has 0 unspecified atom stereocenters. The minimum atomic E-state index is 0. The Kier molecular flexibility index (Phi) is 13.4. The van der Waals surface area contributed by atoms with Gasteiger partial charge in [-0.15, -0.1) is 0 Å². The third-order valence-corrected chi connectivity index (χ3v) is 1.46. The van der Waals surface area contributed by atoms with Gasteiger partial charge in [-0.25, -0.2) is 0 Å². The van der Waals surface area contributed by atoms with E-state index in [1.807, 2.05) is 51.5 Å². The minimum absolute atomic E-state index is 0. The summed E-state index contributed by atoms with van der Waals surface area (Å²) in [5.41, 5.74) is 1.21. The summed E-state index contributed by atoms with van der Waals surface area (Å²) in [6.07, 6.45) is 2.04. The van der Waals surface area contributed by atoms with E-state index in [1.54, 1.807) is 0 Å². The summed E-state index contributed by atoms with van der Waals surface area (Å²) >= 11 is 5.65. The van der Waals surface area contributed by atoms with Gasteiger partial charge in [-0.2, -0.15) is 24.1 Å². The molecule has 0 aliphatic heterocycles. The molecule has 1 aromatic carbocycles. The molecule has 0 saturated heterocycles. The van der Waals surface area contributed by atoms with Crippen LogP contribution in [-0.2, 0) is 0 Å². The van der Waals surface area contributed by atoms with E-state index >= 15 is 0 Å². The normalized spacial score (nSPS) is 7.33. The molecule has 0 nitrogen and oxygen atoms in total.